The standard InChI is InChI=1S/C12H9NOS/c13-7-9-1-2-11-5-10(8-14)3-4-15-12(11)6-9/h1-6,14H,8H2. The SMILES string of the molecule is N#Cc1ccc2c(c1)SC=CC(CO)=C2. The maximum absolute atomic E-state index is 9.06. The Morgan fingerprint density at radius 1 is 1.40 bits per heavy atom. The molecule has 0 aliphatic carbocycles. The van der Waals surface area contributed by atoms with Crippen LogP contribution in [-0.2, 0) is 0 Å². The number of benzene rings is 1. The maximum Gasteiger partial charge on any atom is 0.0992 e. The van der Waals surface area contributed by atoms with Crippen molar-refractivity contribution in [2.45, 2.75) is 4.90 Å². The number of hydrogen-bond acceptors (Lipinski definition) is 3. The number of nitrogens with zero attached hydrogens (tertiary/aromatic N) is 1. The Kier molecular flexibility index (Phi) is 2.91. The van der Waals surface area contributed by atoms with Crippen molar-refractivity contribution >= 4 is 17.8 Å². The summed E-state index contributed by atoms with van der Waals surface area (Å²) in [7, 11) is 0. The van der Waals surface area contributed by atoms with E-state index in [2.05, 4.69) is 6.07 Å². The van der Waals surface area contributed by atoms with Crippen LogP contribution >= 0.6 is 11.8 Å². The fourth-order valence-electron chi connectivity index (χ4n) is 1.37. The van der Waals surface area contributed by atoms with Crippen LogP contribution in [0.15, 0.2) is 40.2 Å². The van der Waals surface area contributed by atoms with Crippen LogP contribution in [-0.4, -0.2) is 11.7 Å². The fraction of sp³-hybridized carbons (Fsp3) is 0.0833. The Morgan fingerprint density at radius 2 is 2.27 bits per heavy atom. The van der Waals surface area contributed by atoms with Gasteiger partial charge in [0, 0.05) is 4.90 Å². The van der Waals surface area contributed by atoms with E-state index in [0.29, 0.717) is 5.56 Å². The molecule has 15 heavy (non-hydrogen) atoms. The van der Waals surface area contributed by atoms with Crippen LogP contribution in [0.5, 0.6) is 0 Å². The van der Waals surface area contributed by atoms with Crippen LogP contribution in [0.1, 0.15) is 11.1 Å². The molecule has 1 aromatic carbocycles. The Balaban J connectivity index is 2.49. The monoisotopic (exact) mass is 215 g/mol. The quantitative estimate of drug-likeness (QED) is 0.783. The average Bonchev–Trinajstić information content (AvgIpc) is 2.49. The molecule has 0 aromatic heterocycles. The summed E-state index contributed by atoms with van der Waals surface area (Å²) in [6.07, 6.45) is 3.82. The van der Waals surface area contributed by atoms with Gasteiger partial charge in [-0.2, -0.15) is 5.26 Å². The zero-order valence-electron chi connectivity index (χ0n) is 7.97. The van der Waals surface area contributed by atoms with Gasteiger partial charge in [-0.3, -0.25) is 0 Å². The van der Waals surface area contributed by atoms with E-state index >= 15 is 0 Å². The molecular formula is C12H9NOS. The van der Waals surface area contributed by atoms with Gasteiger partial charge in [-0.1, -0.05) is 23.9 Å². The van der Waals surface area contributed by atoms with Gasteiger partial charge >= 0.3 is 0 Å². The number of fused-ring (bicyclic) bond motifs is 1. The highest BCUT2D eigenvalue weighted by Gasteiger charge is 2.05. The summed E-state index contributed by atoms with van der Waals surface area (Å²) < 4.78 is 0. The fourth-order valence-corrected chi connectivity index (χ4v) is 2.21. The second kappa shape index (κ2) is 4.35. The molecule has 0 unspecified atom stereocenters. The molecule has 2 nitrogen and oxygen atoms in total. The predicted octanol–water partition coefficient (Wildman–Crippen LogP) is 2.55. The molecule has 1 N–H and O–H groups in total. The van der Waals surface area contributed by atoms with Crippen molar-refractivity contribution in [2.75, 3.05) is 6.61 Å². The van der Waals surface area contributed by atoms with Gasteiger partial charge in [-0.05, 0) is 34.8 Å². The van der Waals surface area contributed by atoms with E-state index in [0.717, 1.165) is 16.0 Å². The lowest BCUT2D eigenvalue weighted by Crippen LogP contribution is -1.86. The normalized spacial score (nSPS) is 13.7. The largest absolute Gasteiger partial charge is 0.392 e. The molecule has 1 aromatic rings. The summed E-state index contributed by atoms with van der Waals surface area (Å²) in [5, 5.41) is 19.8. The van der Waals surface area contributed by atoms with Gasteiger partial charge in [0.1, 0.15) is 0 Å². The van der Waals surface area contributed by atoms with Gasteiger partial charge in [0.2, 0.25) is 0 Å². The van der Waals surface area contributed by atoms with Crippen LogP contribution in [0.3, 0.4) is 0 Å². The van der Waals surface area contributed by atoms with Crippen LogP contribution in [0.2, 0.25) is 0 Å². The molecule has 0 amide bonds. The molecule has 0 fully saturated rings. The van der Waals surface area contributed by atoms with Gasteiger partial charge < -0.3 is 5.11 Å². The van der Waals surface area contributed by atoms with Crippen molar-refractivity contribution in [2.24, 2.45) is 0 Å². The molecule has 1 aliphatic rings. The van der Waals surface area contributed by atoms with Gasteiger partial charge in [0.25, 0.3) is 0 Å². The van der Waals surface area contributed by atoms with Crippen LogP contribution in [0, 0.1) is 11.3 Å². The molecule has 3 heteroatoms. The third kappa shape index (κ3) is 2.12. The molecule has 0 bridgehead atoms. The molecule has 0 saturated heterocycles. The summed E-state index contributed by atoms with van der Waals surface area (Å²) in [4.78, 5) is 1.05. The molecule has 1 heterocycles. The molecule has 0 atom stereocenters. The third-order valence-electron chi connectivity index (χ3n) is 2.14. The Morgan fingerprint density at radius 3 is 3.00 bits per heavy atom. The first-order valence-corrected chi connectivity index (χ1v) is 5.40. The first-order chi connectivity index (χ1) is 7.33. The minimum Gasteiger partial charge on any atom is -0.392 e. The number of thioether (sulfide) groups is 1. The zero-order chi connectivity index (χ0) is 10.7. The minimum atomic E-state index is 0.0382. The van der Waals surface area contributed by atoms with E-state index in [1.54, 1.807) is 17.8 Å². The number of aliphatic hydroxyl groups excluding tert-OH is 1. The molecule has 0 spiro atoms. The Bertz CT molecular complexity index is 483. The van der Waals surface area contributed by atoms with Crippen molar-refractivity contribution in [3.8, 4) is 6.07 Å². The first-order valence-electron chi connectivity index (χ1n) is 4.52. The van der Waals surface area contributed by atoms with Gasteiger partial charge in [0.15, 0.2) is 0 Å². The van der Waals surface area contributed by atoms with E-state index < -0.39 is 0 Å². The summed E-state index contributed by atoms with van der Waals surface area (Å²) in [6, 6.07) is 7.67. The number of hydrogen-bond donors (Lipinski definition) is 1. The Hall–Kier alpha value is -1.50. The van der Waals surface area contributed by atoms with E-state index in [4.69, 9.17) is 10.4 Å². The van der Waals surface area contributed by atoms with Crippen LogP contribution < -0.4 is 0 Å². The second-order valence-electron chi connectivity index (χ2n) is 3.16. The summed E-state index contributed by atoms with van der Waals surface area (Å²) in [6.45, 7) is 0.0382. The summed E-state index contributed by atoms with van der Waals surface area (Å²) >= 11 is 1.56. The lowest BCUT2D eigenvalue weighted by molar-refractivity contribution is 0.336. The van der Waals surface area contributed by atoms with Crippen molar-refractivity contribution in [1.29, 1.82) is 5.26 Å². The zero-order valence-corrected chi connectivity index (χ0v) is 8.79. The lowest BCUT2D eigenvalue weighted by Gasteiger charge is -2.02. The smallest absolute Gasteiger partial charge is 0.0992 e. The molecule has 1 aliphatic heterocycles. The minimum absolute atomic E-state index is 0.0382. The van der Waals surface area contributed by atoms with E-state index in [1.807, 2.05) is 29.7 Å². The van der Waals surface area contributed by atoms with E-state index in [1.165, 1.54) is 0 Å². The van der Waals surface area contributed by atoms with Crippen molar-refractivity contribution in [3.63, 3.8) is 0 Å². The topological polar surface area (TPSA) is 44.0 Å². The third-order valence-corrected chi connectivity index (χ3v) is 3.02. The van der Waals surface area contributed by atoms with Gasteiger partial charge in [0.05, 0.1) is 18.2 Å². The molecule has 0 saturated carbocycles. The Labute approximate surface area is 92.5 Å². The number of aliphatic hydroxyl groups is 1. The molecular weight excluding hydrogens is 206 g/mol. The number of nitriles is 1. The van der Waals surface area contributed by atoms with Gasteiger partial charge in [-0.15, -0.1) is 0 Å². The molecule has 74 valence electrons. The van der Waals surface area contributed by atoms with Crippen LogP contribution in [0.4, 0.5) is 0 Å². The van der Waals surface area contributed by atoms with Crippen molar-refractivity contribution < 1.29 is 5.11 Å². The lowest BCUT2D eigenvalue weighted by atomic mass is 10.1. The maximum atomic E-state index is 9.06. The first kappa shape index (κ1) is 10.0. The van der Waals surface area contributed by atoms with E-state index in [-0.39, 0.29) is 6.61 Å². The van der Waals surface area contributed by atoms with Crippen molar-refractivity contribution in [1.82, 2.24) is 0 Å². The van der Waals surface area contributed by atoms with E-state index in [9.17, 15) is 0 Å². The highest BCUT2D eigenvalue weighted by atomic mass is 32.2. The second-order valence-corrected chi connectivity index (χ2v) is 4.11. The van der Waals surface area contributed by atoms with Crippen LogP contribution in [0.25, 0.3) is 6.08 Å². The van der Waals surface area contributed by atoms with Gasteiger partial charge in [-0.25, -0.2) is 0 Å². The predicted molar refractivity (Wildman–Crippen MR) is 61.2 cm³/mol. The molecule has 2 rings (SSSR count). The average molecular weight is 215 g/mol. The highest BCUT2D eigenvalue weighted by molar-refractivity contribution is 8.02. The summed E-state index contributed by atoms with van der Waals surface area (Å²) in [5.74, 6) is 0. The number of rotatable bonds is 1. The van der Waals surface area contributed by atoms with Crippen molar-refractivity contribution in [3.05, 3.63) is 46.4 Å². The highest BCUT2D eigenvalue weighted by Crippen LogP contribution is 2.30. The molecule has 0 radical (unpaired) electrons. The summed E-state index contributed by atoms with van der Waals surface area (Å²) in [5.41, 5.74) is 2.59.